The van der Waals surface area contributed by atoms with Crippen molar-refractivity contribution in [1.29, 1.82) is 0 Å². The predicted molar refractivity (Wildman–Crippen MR) is 70.4 cm³/mol. The van der Waals surface area contributed by atoms with Gasteiger partial charge < -0.3 is 9.84 Å². The van der Waals surface area contributed by atoms with Gasteiger partial charge in [-0.2, -0.15) is 0 Å². The van der Waals surface area contributed by atoms with Crippen LogP contribution >= 0.6 is 0 Å². The topological polar surface area (TPSA) is 63.6 Å². The van der Waals surface area contributed by atoms with Crippen molar-refractivity contribution < 1.29 is 19.4 Å². The number of hydrogen-bond donors (Lipinski definition) is 1. The van der Waals surface area contributed by atoms with Crippen LogP contribution in [0.3, 0.4) is 0 Å². The highest BCUT2D eigenvalue weighted by Gasteiger charge is 2.12. The standard InChI is InChI=1S/C14H26O4/c1-3-4-5-6-7-8-9-10-12(2)18-14(17)11-13(15)16/h12H,3-11H2,1-2H3,(H,15,16). The molecule has 0 aromatic rings. The fourth-order valence-electron chi connectivity index (χ4n) is 1.84. The van der Waals surface area contributed by atoms with Crippen molar-refractivity contribution in [2.45, 2.75) is 77.7 Å². The van der Waals surface area contributed by atoms with Gasteiger partial charge in [0.25, 0.3) is 0 Å². The molecule has 1 unspecified atom stereocenters. The highest BCUT2D eigenvalue weighted by atomic mass is 16.5. The summed E-state index contributed by atoms with van der Waals surface area (Å²) in [6.07, 6.45) is 8.68. The van der Waals surface area contributed by atoms with Gasteiger partial charge in [-0.15, -0.1) is 0 Å². The van der Waals surface area contributed by atoms with E-state index in [1.165, 1.54) is 32.1 Å². The van der Waals surface area contributed by atoms with Crippen LogP contribution in [-0.2, 0) is 14.3 Å². The fourth-order valence-corrected chi connectivity index (χ4v) is 1.84. The summed E-state index contributed by atoms with van der Waals surface area (Å²) in [4.78, 5) is 21.3. The summed E-state index contributed by atoms with van der Waals surface area (Å²) >= 11 is 0. The first-order valence-corrected chi connectivity index (χ1v) is 6.97. The molecule has 1 N–H and O–H groups in total. The third-order valence-corrected chi connectivity index (χ3v) is 2.84. The fraction of sp³-hybridized carbons (Fsp3) is 0.857. The van der Waals surface area contributed by atoms with E-state index in [0.29, 0.717) is 0 Å². The minimum Gasteiger partial charge on any atom is -0.481 e. The molecule has 106 valence electrons. The zero-order valence-electron chi connectivity index (χ0n) is 11.6. The molecule has 0 aliphatic rings. The Hall–Kier alpha value is -1.06. The minimum absolute atomic E-state index is 0.174. The Balaban J connectivity index is 3.39. The van der Waals surface area contributed by atoms with Crippen LogP contribution in [0.4, 0.5) is 0 Å². The quantitative estimate of drug-likeness (QED) is 0.350. The largest absolute Gasteiger partial charge is 0.481 e. The lowest BCUT2D eigenvalue weighted by Crippen LogP contribution is -2.17. The van der Waals surface area contributed by atoms with Gasteiger partial charge in [-0.1, -0.05) is 45.4 Å². The van der Waals surface area contributed by atoms with E-state index in [0.717, 1.165) is 19.3 Å². The third kappa shape index (κ3) is 11.4. The third-order valence-electron chi connectivity index (χ3n) is 2.84. The molecule has 0 bridgehead atoms. The number of carbonyl (C=O) groups is 2. The summed E-state index contributed by atoms with van der Waals surface area (Å²) in [5.41, 5.74) is 0. The average Bonchev–Trinajstić information content (AvgIpc) is 2.26. The van der Waals surface area contributed by atoms with Crippen molar-refractivity contribution in [1.82, 2.24) is 0 Å². The molecular weight excluding hydrogens is 232 g/mol. The van der Waals surface area contributed by atoms with E-state index in [4.69, 9.17) is 9.84 Å². The van der Waals surface area contributed by atoms with Gasteiger partial charge in [0.15, 0.2) is 0 Å². The molecule has 0 fully saturated rings. The summed E-state index contributed by atoms with van der Waals surface area (Å²) in [5, 5.41) is 8.41. The molecule has 0 heterocycles. The Morgan fingerprint density at radius 2 is 1.61 bits per heavy atom. The van der Waals surface area contributed by atoms with Crippen LogP contribution in [0, 0.1) is 0 Å². The van der Waals surface area contributed by atoms with Crippen LogP contribution in [0.2, 0.25) is 0 Å². The Morgan fingerprint density at radius 3 is 2.17 bits per heavy atom. The zero-order chi connectivity index (χ0) is 13.8. The van der Waals surface area contributed by atoms with Crippen LogP contribution in [0.5, 0.6) is 0 Å². The molecule has 0 radical (unpaired) electrons. The number of aliphatic carboxylic acids is 1. The summed E-state index contributed by atoms with van der Waals surface area (Å²) < 4.78 is 4.99. The molecule has 0 rings (SSSR count). The van der Waals surface area contributed by atoms with Crippen LogP contribution in [0.25, 0.3) is 0 Å². The van der Waals surface area contributed by atoms with Crippen molar-refractivity contribution in [2.75, 3.05) is 0 Å². The maximum Gasteiger partial charge on any atom is 0.317 e. The number of carboxylic acids is 1. The minimum atomic E-state index is -1.14. The number of unbranched alkanes of at least 4 members (excludes halogenated alkanes) is 6. The van der Waals surface area contributed by atoms with Gasteiger partial charge in [0.2, 0.25) is 0 Å². The number of carbonyl (C=O) groups excluding carboxylic acids is 1. The maximum atomic E-state index is 11.1. The first-order valence-electron chi connectivity index (χ1n) is 6.97. The van der Waals surface area contributed by atoms with E-state index in [1.54, 1.807) is 0 Å². The van der Waals surface area contributed by atoms with Crippen molar-refractivity contribution in [3.63, 3.8) is 0 Å². The molecule has 0 aliphatic carbocycles. The molecule has 4 nitrogen and oxygen atoms in total. The molecule has 0 aliphatic heterocycles. The lowest BCUT2D eigenvalue weighted by Gasteiger charge is -2.12. The van der Waals surface area contributed by atoms with Crippen LogP contribution < -0.4 is 0 Å². The van der Waals surface area contributed by atoms with Gasteiger partial charge in [-0.25, -0.2) is 0 Å². The van der Waals surface area contributed by atoms with E-state index >= 15 is 0 Å². The first kappa shape index (κ1) is 16.9. The van der Waals surface area contributed by atoms with Crippen LogP contribution in [0.15, 0.2) is 0 Å². The van der Waals surface area contributed by atoms with Crippen LogP contribution in [0.1, 0.15) is 71.6 Å². The van der Waals surface area contributed by atoms with Gasteiger partial charge in [-0.3, -0.25) is 9.59 Å². The summed E-state index contributed by atoms with van der Waals surface area (Å²) in [5.74, 6) is -1.78. The Kier molecular flexibility index (Phi) is 10.4. The molecule has 0 aromatic heterocycles. The van der Waals surface area contributed by atoms with E-state index in [1.807, 2.05) is 6.92 Å². The molecule has 0 saturated carbocycles. The molecule has 0 aromatic carbocycles. The lowest BCUT2D eigenvalue weighted by atomic mass is 10.1. The number of esters is 1. The van der Waals surface area contributed by atoms with Gasteiger partial charge in [0, 0.05) is 0 Å². The summed E-state index contributed by atoms with van der Waals surface area (Å²) in [7, 11) is 0. The SMILES string of the molecule is CCCCCCCCCC(C)OC(=O)CC(=O)O. The predicted octanol–water partition coefficient (Wildman–Crippen LogP) is 3.53. The molecule has 1 atom stereocenters. The van der Waals surface area contributed by atoms with Crippen molar-refractivity contribution in [3.8, 4) is 0 Å². The monoisotopic (exact) mass is 258 g/mol. The maximum absolute atomic E-state index is 11.1. The molecule has 0 saturated heterocycles. The van der Waals surface area contributed by atoms with Gasteiger partial charge in [-0.05, 0) is 19.8 Å². The Morgan fingerprint density at radius 1 is 1.06 bits per heavy atom. The Labute approximate surface area is 110 Å². The zero-order valence-corrected chi connectivity index (χ0v) is 11.6. The van der Waals surface area contributed by atoms with Gasteiger partial charge in [0.1, 0.15) is 6.42 Å². The normalized spacial score (nSPS) is 12.1. The molecule has 18 heavy (non-hydrogen) atoms. The van der Waals surface area contributed by atoms with Crippen molar-refractivity contribution in [2.24, 2.45) is 0 Å². The van der Waals surface area contributed by atoms with Crippen molar-refractivity contribution in [3.05, 3.63) is 0 Å². The number of carboxylic acid groups (broad SMARTS) is 1. The second-order valence-corrected chi connectivity index (χ2v) is 4.78. The second-order valence-electron chi connectivity index (χ2n) is 4.78. The van der Waals surface area contributed by atoms with E-state index in [-0.39, 0.29) is 6.10 Å². The molecular formula is C14H26O4. The highest BCUT2D eigenvalue weighted by Crippen LogP contribution is 2.11. The number of rotatable bonds is 11. The second kappa shape index (κ2) is 11.1. The van der Waals surface area contributed by atoms with Crippen molar-refractivity contribution >= 4 is 11.9 Å². The average molecular weight is 258 g/mol. The number of hydrogen-bond acceptors (Lipinski definition) is 3. The molecule has 4 heteroatoms. The van der Waals surface area contributed by atoms with Gasteiger partial charge in [0.05, 0.1) is 6.10 Å². The van der Waals surface area contributed by atoms with Gasteiger partial charge >= 0.3 is 11.9 Å². The van der Waals surface area contributed by atoms with Crippen LogP contribution in [-0.4, -0.2) is 23.1 Å². The van der Waals surface area contributed by atoms with E-state index in [2.05, 4.69) is 6.92 Å². The van der Waals surface area contributed by atoms with E-state index in [9.17, 15) is 9.59 Å². The summed E-state index contributed by atoms with van der Waals surface area (Å²) in [6, 6.07) is 0. The summed E-state index contributed by atoms with van der Waals surface area (Å²) in [6.45, 7) is 4.02. The highest BCUT2D eigenvalue weighted by molar-refractivity contribution is 5.90. The Bertz CT molecular complexity index is 238. The molecule has 0 amide bonds. The smallest absolute Gasteiger partial charge is 0.317 e. The molecule has 0 spiro atoms. The first-order chi connectivity index (χ1) is 8.56. The lowest BCUT2D eigenvalue weighted by molar-refractivity contribution is -0.154. The number of ether oxygens (including phenoxy) is 1. The van der Waals surface area contributed by atoms with E-state index < -0.39 is 18.4 Å².